The van der Waals surface area contributed by atoms with Gasteiger partial charge >= 0.3 is 0 Å². The van der Waals surface area contributed by atoms with Gasteiger partial charge in [-0.1, -0.05) is 32.0 Å². The van der Waals surface area contributed by atoms with Crippen molar-refractivity contribution in [3.8, 4) is 5.69 Å². The number of rotatable bonds is 5. The Morgan fingerprint density at radius 2 is 1.81 bits per heavy atom. The molecule has 0 spiro atoms. The molecule has 5 rings (SSSR count). The number of para-hydroxylation sites is 1. The van der Waals surface area contributed by atoms with Gasteiger partial charge in [-0.2, -0.15) is 5.10 Å². The summed E-state index contributed by atoms with van der Waals surface area (Å²) < 4.78 is 42.6. The maximum absolute atomic E-state index is 14.3. The van der Waals surface area contributed by atoms with Crippen LogP contribution in [0.2, 0.25) is 0 Å². The molecule has 0 N–H and O–H groups in total. The van der Waals surface area contributed by atoms with Crippen molar-refractivity contribution in [3.05, 3.63) is 54.5 Å². The molecule has 2 saturated heterocycles. The Morgan fingerprint density at radius 1 is 1.06 bits per heavy atom. The fraction of sp³-hybridized carbons (Fsp3) is 0.391. The maximum Gasteiger partial charge on any atom is 0.231 e. The molecule has 0 unspecified atom stereocenters. The van der Waals surface area contributed by atoms with Crippen LogP contribution in [0, 0.1) is 23.6 Å². The fourth-order valence-electron chi connectivity index (χ4n) is 4.88. The summed E-state index contributed by atoms with van der Waals surface area (Å²) in [5.41, 5.74) is 1.77. The number of fused-ring (bicyclic) bond motifs is 2. The number of aromatic nitrogens is 2. The predicted molar refractivity (Wildman–Crippen MR) is 121 cm³/mol. The number of amides is 1. The molecule has 32 heavy (non-hydrogen) atoms. The van der Waals surface area contributed by atoms with Gasteiger partial charge < -0.3 is 4.90 Å². The monoisotopic (exact) mass is 456 g/mol. The van der Waals surface area contributed by atoms with Gasteiger partial charge in [0.1, 0.15) is 11.5 Å². The largest absolute Gasteiger partial charge is 0.311 e. The van der Waals surface area contributed by atoms with Crippen LogP contribution in [0.1, 0.15) is 13.8 Å². The second-order valence-corrected chi connectivity index (χ2v) is 11.0. The van der Waals surface area contributed by atoms with Crippen molar-refractivity contribution in [2.75, 3.05) is 30.3 Å². The number of anilines is 1. The molecule has 2 aliphatic rings. The van der Waals surface area contributed by atoms with Gasteiger partial charge in [0.25, 0.3) is 0 Å². The average molecular weight is 457 g/mol. The zero-order valence-electron chi connectivity index (χ0n) is 18.0. The summed E-state index contributed by atoms with van der Waals surface area (Å²) >= 11 is 0. The van der Waals surface area contributed by atoms with Crippen molar-refractivity contribution < 1.29 is 17.6 Å². The third kappa shape index (κ3) is 3.40. The van der Waals surface area contributed by atoms with Crippen LogP contribution >= 0.6 is 0 Å². The lowest BCUT2D eigenvalue weighted by Crippen LogP contribution is -2.37. The predicted octanol–water partition coefficient (Wildman–Crippen LogP) is 3.05. The number of benzene rings is 2. The van der Waals surface area contributed by atoms with Gasteiger partial charge in [-0.05, 0) is 30.2 Å². The van der Waals surface area contributed by atoms with E-state index in [4.69, 9.17) is 0 Å². The highest BCUT2D eigenvalue weighted by Gasteiger charge is 2.49. The third-order valence-corrected chi connectivity index (χ3v) is 8.48. The zero-order valence-corrected chi connectivity index (χ0v) is 18.8. The minimum Gasteiger partial charge on any atom is -0.311 e. The first-order chi connectivity index (χ1) is 15.3. The third-order valence-electron chi connectivity index (χ3n) is 6.31. The quantitative estimate of drug-likeness (QED) is 0.592. The topological polar surface area (TPSA) is 75.5 Å². The Kier molecular flexibility index (Phi) is 5.05. The SMILES string of the molecule is CC(C)CS(=O)(=O)N1C[C@@H]2CN(c3cccc4c3cnn4-c3ccccc3F)C(=O)[C@@H]2C1. The summed E-state index contributed by atoms with van der Waals surface area (Å²) in [6.45, 7) is 4.82. The summed E-state index contributed by atoms with van der Waals surface area (Å²) in [5, 5.41) is 5.14. The number of sulfonamides is 1. The summed E-state index contributed by atoms with van der Waals surface area (Å²) in [5.74, 6) is -0.689. The van der Waals surface area contributed by atoms with Gasteiger partial charge in [0, 0.05) is 30.9 Å². The smallest absolute Gasteiger partial charge is 0.231 e. The first kappa shape index (κ1) is 21.1. The second-order valence-electron chi connectivity index (χ2n) is 9.02. The van der Waals surface area contributed by atoms with E-state index in [1.807, 2.05) is 32.0 Å². The minimum absolute atomic E-state index is 0.0382. The van der Waals surface area contributed by atoms with Gasteiger partial charge in [-0.3, -0.25) is 4.79 Å². The van der Waals surface area contributed by atoms with E-state index in [1.165, 1.54) is 15.1 Å². The normalized spacial score (nSPS) is 21.8. The van der Waals surface area contributed by atoms with Crippen molar-refractivity contribution in [2.24, 2.45) is 17.8 Å². The first-order valence-electron chi connectivity index (χ1n) is 10.8. The molecule has 1 amide bonds. The highest BCUT2D eigenvalue weighted by molar-refractivity contribution is 7.89. The summed E-state index contributed by atoms with van der Waals surface area (Å²) in [6.07, 6.45) is 1.65. The van der Waals surface area contributed by atoms with E-state index in [-0.39, 0.29) is 41.8 Å². The van der Waals surface area contributed by atoms with Gasteiger partial charge in [-0.25, -0.2) is 21.8 Å². The second kappa shape index (κ2) is 7.67. The average Bonchev–Trinajstić information content (AvgIpc) is 3.42. The Morgan fingerprint density at radius 3 is 2.53 bits per heavy atom. The van der Waals surface area contributed by atoms with Crippen LogP contribution in [0.25, 0.3) is 16.6 Å². The molecular weight excluding hydrogens is 431 g/mol. The fourth-order valence-corrected chi connectivity index (χ4v) is 6.74. The number of carbonyl (C=O) groups is 1. The van der Waals surface area contributed by atoms with Crippen molar-refractivity contribution in [3.63, 3.8) is 0 Å². The van der Waals surface area contributed by atoms with E-state index >= 15 is 0 Å². The van der Waals surface area contributed by atoms with E-state index in [0.29, 0.717) is 24.3 Å². The minimum atomic E-state index is -3.36. The number of hydrogen-bond donors (Lipinski definition) is 0. The zero-order chi connectivity index (χ0) is 22.6. The van der Waals surface area contributed by atoms with Crippen LogP contribution in [0.4, 0.5) is 10.1 Å². The van der Waals surface area contributed by atoms with Crippen molar-refractivity contribution in [2.45, 2.75) is 13.8 Å². The molecule has 2 fully saturated rings. The Bertz CT molecular complexity index is 1300. The molecule has 2 aromatic carbocycles. The van der Waals surface area contributed by atoms with Crippen LogP contribution in [-0.4, -0.2) is 53.8 Å². The standard InChI is InChI=1S/C23H25FN4O3S/c1-15(2)14-32(30,31)26-11-16-12-27(23(29)18(16)13-26)20-8-5-9-21-17(20)10-25-28(21)22-7-4-3-6-19(22)24/h3-10,15-16,18H,11-14H2,1-2H3/t16-,18-/m1/s1. The maximum atomic E-state index is 14.3. The van der Waals surface area contributed by atoms with E-state index in [1.54, 1.807) is 29.3 Å². The van der Waals surface area contributed by atoms with E-state index in [2.05, 4.69) is 5.10 Å². The van der Waals surface area contributed by atoms with Crippen LogP contribution in [0.15, 0.2) is 48.7 Å². The number of halogens is 1. The van der Waals surface area contributed by atoms with Crippen LogP contribution in [0.3, 0.4) is 0 Å². The van der Waals surface area contributed by atoms with Crippen LogP contribution in [0.5, 0.6) is 0 Å². The molecule has 0 saturated carbocycles. The molecule has 3 aromatic rings. The lowest BCUT2D eigenvalue weighted by molar-refractivity contribution is -0.120. The highest BCUT2D eigenvalue weighted by Crippen LogP contribution is 2.39. The molecule has 0 radical (unpaired) electrons. The van der Waals surface area contributed by atoms with Crippen LogP contribution < -0.4 is 4.90 Å². The van der Waals surface area contributed by atoms with E-state index < -0.39 is 10.0 Å². The molecule has 168 valence electrons. The van der Waals surface area contributed by atoms with E-state index in [0.717, 1.165) is 11.1 Å². The molecule has 0 bridgehead atoms. The Balaban J connectivity index is 1.44. The Hall–Kier alpha value is -2.78. The molecule has 1 aromatic heterocycles. The lowest BCUT2D eigenvalue weighted by Gasteiger charge is -2.23. The lowest BCUT2D eigenvalue weighted by atomic mass is 10.0. The summed E-state index contributed by atoms with van der Waals surface area (Å²) in [4.78, 5) is 15.0. The number of carbonyl (C=O) groups excluding carboxylic acids is 1. The molecule has 2 aliphatic heterocycles. The Labute approximate surface area is 186 Å². The summed E-state index contributed by atoms with van der Waals surface area (Å²) in [7, 11) is -3.36. The van der Waals surface area contributed by atoms with Crippen LogP contribution in [-0.2, 0) is 14.8 Å². The van der Waals surface area contributed by atoms with Gasteiger partial charge in [0.05, 0.1) is 29.1 Å². The molecule has 3 heterocycles. The van der Waals surface area contributed by atoms with Crippen molar-refractivity contribution in [1.29, 1.82) is 0 Å². The van der Waals surface area contributed by atoms with Crippen molar-refractivity contribution in [1.82, 2.24) is 14.1 Å². The molecule has 7 nitrogen and oxygen atoms in total. The molecule has 9 heteroatoms. The first-order valence-corrected chi connectivity index (χ1v) is 12.4. The van der Waals surface area contributed by atoms with Gasteiger partial charge in [0.2, 0.25) is 15.9 Å². The molecule has 2 atom stereocenters. The van der Waals surface area contributed by atoms with Crippen molar-refractivity contribution >= 4 is 32.5 Å². The summed E-state index contributed by atoms with van der Waals surface area (Å²) in [6, 6.07) is 12.0. The number of nitrogens with zero attached hydrogens (tertiary/aromatic N) is 4. The highest BCUT2D eigenvalue weighted by atomic mass is 32.2. The molecule has 0 aliphatic carbocycles. The van der Waals surface area contributed by atoms with Gasteiger partial charge in [0.15, 0.2) is 0 Å². The number of hydrogen-bond acceptors (Lipinski definition) is 4. The van der Waals surface area contributed by atoms with E-state index in [9.17, 15) is 17.6 Å². The van der Waals surface area contributed by atoms with Gasteiger partial charge in [-0.15, -0.1) is 0 Å². The molecular formula is C23H25FN4O3S.